The summed E-state index contributed by atoms with van der Waals surface area (Å²) in [6.45, 7) is 4.74. The third-order valence-corrected chi connectivity index (χ3v) is 12.2. The first-order chi connectivity index (χ1) is 28.0. The van der Waals surface area contributed by atoms with Crippen molar-refractivity contribution in [2.75, 3.05) is 4.90 Å². The molecule has 0 unspecified atom stereocenters. The minimum Gasteiger partial charge on any atom is -0.310 e. The van der Waals surface area contributed by atoms with Crippen LogP contribution in [0.5, 0.6) is 0 Å². The first-order valence-corrected chi connectivity index (χ1v) is 19.8. The normalized spacial score (nSPS) is 12.9. The van der Waals surface area contributed by atoms with E-state index in [1.807, 2.05) is 0 Å². The molecule has 1 aromatic heterocycles. The van der Waals surface area contributed by atoms with E-state index in [0.717, 1.165) is 22.7 Å². The molecule has 9 aromatic carbocycles. The van der Waals surface area contributed by atoms with E-state index in [1.54, 1.807) is 0 Å². The van der Waals surface area contributed by atoms with Crippen LogP contribution in [-0.4, -0.2) is 4.57 Å². The van der Waals surface area contributed by atoms with Gasteiger partial charge < -0.3 is 9.47 Å². The van der Waals surface area contributed by atoms with Gasteiger partial charge in [-0.15, -0.1) is 0 Å². The van der Waals surface area contributed by atoms with E-state index in [4.69, 9.17) is 0 Å². The van der Waals surface area contributed by atoms with E-state index in [-0.39, 0.29) is 5.41 Å². The summed E-state index contributed by atoms with van der Waals surface area (Å²) >= 11 is 0. The fourth-order valence-corrected chi connectivity index (χ4v) is 9.33. The summed E-state index contributed by atoms with van der Waals surface area (Å²) in [6.07, 6.45) is 0. The van der Waals surface area contributed by atoms with Gasteiger partial charge in [0.25, 0.3) is 0 Å². The van der Waals surface area contributed by atoms with Crippen LogP contribution in [0.15, 0.2) is 206 Å². The summed E-state index contributed by atoms with van der Waals surface area (Å²) in [5.74, 6) is 0. The van der Waals surface area contributed by atoms with Crippen LogP contribution in [0.3, 0.4) is 0 Å². The molecule has 0 aliphatic heterocycles. The molecule has 1 heterocycles. The molecule has 0 N–H and O–H groups in total. The highest BCUT2D eigenvalue weighted by atomic mass is 15.1. The van der Waals surface area contributed by atoms with Gasteiger partial charge >= 0.3 is 0 Å². The third-order valence-electron chi connectivity index (χ3n) is 12.2. The van der Waals surface area contributed by atoms with Crippen molar-refractivity contribution < 1.29 is 0 Å². The molecule has 0 amide bonds. The molecule has 57 heavy (non-hydrogen) atoms. The maximum atomic E-state index is 2.43. The van der Waals surface area contributed by atoms with E-state index in [2.05, 4.69) is 230 Å². The zero-order valence-corrected chi connectivity index (χ0v) is 32.0. The Morgan fingerprint density at radius 1 is 0.386 bits per heavy atom. The van der Waals surface area contributed by atoms with E-state index in [9.17, 15) is 0 Å². The Hall–Kier alpha value is -7.16. The van der Waals surface area contributed by atoms with Crippen LogP contribution >= 0.6 is 0 Å². The molecule has 2 heteroatoms. The van der Waals surface area contributed by atoms with Crippen molar-refractivity contribution >= 4 is 49.6 Å². The van der Waals surface area contributed by atoms with Crippen molar-refractivity contribution in [3.63, 3.8) is 0 Å². The number of anilines is 3. The number of benzene rings is 9. The third kappa shape index (κ3) is 5.33. The molecule has 0 bridgehead atoms. The molecule has 11 rings (SSSR count). The van der Waals surface area contributed by atoms with Gasteiger partial charge in [0.15, 0.2) is 0 Å². The fraction of sp³-hybridized carbons (Fsp3) is 0.0545. The number of nitrogens with zero attached hydrogens (tertiary/aromatic N) is 2. The average molecular weight is 729 g/mol. The van der Waals surface area contributed by atoms with Crippen molar-refractivity contribution in [2.45, 2.75) is 19.3 Å². The van der Waals surface area contributed by atoms with Gasteiger partial charge in [0.1, 0.15) is 0 Å². The van der Waals surface area contributed by atoms with Crippen LogP contribution in [0.25, 0.3) is 71.6 Å². The van der Waals surface area contributed by atoms with Crippen molar-refractivity contribution in [3.8, 4) is 39.1 Å². The lowest BCUT2D eigenvalue weighted by molar-refractivity contribution is 0.661. The lowest BCUT2D eigenvalue weighted by Gasteiger charge is -2.26. The maximum absolute atomic E-state index is 2.43. The molecule has 10 aromatic rings. The molecular formula is C55H40N2. The highest BCUT2D eigenvalue weighted by molar-refractivity contribution is 6.11. The van der Waals surface area contributed by atoms with Crippen LogP contribution in [0.2, 0.25) is 0 Å². The SMILES string of the molecule is CC1(C)c2cc(-c3ccc(N(c4ccc(-c5ccccc5)cc4)c4ccc5c(c4)c4ccccc4n5-c4ccccc4)cc3)ccc2-c2c1ccc1ccccc21. The van der Waals surface area contributed by atoms with Crippen molar-refractivity contribution in [1.82, 2.24) is 4.57 Å². The lowest BCUT2D eigenvalue weighted by atomic mass is 9.81. The van der Waals surface area contributed by atoms with Crippen LogP contribution < -0.4 is 4.90 Å². The molecule has 0 saturated heterocycles. The molecule has 0 saturated carbocycles. The van der Waals surface area contributed by atoms with Crippen LogP contribution in [-0.2, 0) is 5.41 Å². The van der Waals surface area contributed by atoms with E-state index >= 15 is 0 Å². The number of hydrogen-bond donors (Lipinski definition) is 0. The van der Waals surface area contributed by atoms with E-state index in [1.165, 1.54) is 77.1 Å². The fourth-order valence-electron chi connectivity index (χ4n) is 9.33. The number of para-hydroxylation sites is 2. The summed E-state index contributed by atoms with van der Waals surface area (Å²) in [6, 6.07) is 75.5. The van der Waals surface area contributed by atoms with E-state index in [0.29, 0.717) is 0 Å². The molecule has 0 atom stereocenters. The number of hydrogen-bond acceptors (Lipinski definition) is 1. The van der Waals surface area contributed by atoms with Crippen molar-refractivity contribution in [3.05, 3.63) is 217 Å². The van der Waals surface area contributed by atoms with Crippen LogP contribution in [0, 0.1) is 0 Å². The minimum atomic E-state index is -0.0877. The molecule has 0 radical (unpaired) electrons. The lowest BCUT2D eigenvalue weighted by Crippen LogP contribution is -2.15. The topological polar surface area (TPSA) is 8.17 Å². The predicted molar refractivity (Wildman–Crippen MR) is 241 cm³/mol. The van der Waals surface area contributed by atoms with Gasteiger partial charge in [0.05, 0.1) is 11.0 Å². The first kappa shape index (κ1) is 33.2. The van der Waals surface area contributed by atoms with Gasteiger partial charge in [-0.1, -0.05) is 153 Å². The van der Waals surface area contributed by atoms with E-state index < -0.39 is 0 Å². The Balaban J connectivity index is 1.02. The number of aromatic nitrogens is 1. The van der Waals surface area contributed by atoms with Gasteiger partial charge in [-0.3, -0.25) is 0 Å². The Labute approximate surface area is 333 Å². The summed E-state index contributed by atoms with van der Waals surface area (Å²) in [4.78, 5) is 2.39. The Bertz CT molecular complexity index is 3120. The Morgan fingerprint density at radius 3 is 1.68 bits per heavy atom. The summed E-state index contributed by atoms with van der Waals surface area (Å²) in [5.41, 5.74) is 17.2. The first-order valence-electron chi connectivity index (χ1n) is 19.8. The average Bonchev–Trinajstić information content (AvgIpc) is 3.72. The van der Waals surface area contributed by atoms with Gasteiger partial charge in [-0.05, 0) is 122 Å². The summed E-state index contributed by atoms with van der Waals surface area (Å²) < 4.78 is 2.38. The maximum Gasteiger partial charge on any atom is 0.0542 e. The quantitative estimate of drug-likeness (QED) is 0.165. The molecular weight excluding hydrogens is 689 g/mol. The monoisotopic (exact) mass is 728 g/mol. The molecule has 0 spiro atoms. The molecule has 1 aliphatic rings. The van der Waals surface area contributed by atoms with Gasteiger partial charge in [0.2, 0.25) is 0 Å². The van der Waals surface area contributed by atoms with Crippen molar-refractivity contribution in [1.29, 1.82) is 0 Å². The zero-order valence-electron chi connectivity index (χ0n) is 32.0. The molecule has 0 fully saturated rings. The Kier molecular flexibility index (Phi) is 7.55. The smallest absolute Gasteiger partial charge is 0.0542 e. The second kappa shape index (κ2) is 13.0. The van der Waals surface area contributed by atoms with Crippen LogP contribution in [0.1, 0.15) is 25.0 Å². The van der Waals surface area contributed by atoms with Crippen molar-refractivity contribution in [2.24, 2.45) is 0 Å². The molecule has 270 valence electrons. The minimum absolute atomic E-state index is 0.0877. The number of fused-ring (bicyclic) bond motifs is 8. The zero-order chi connectivity index (χ0) is 38.1. The highest BCUT2D eigenvalue weighted by Gasteiger charge is 2.36. The van der Waals surface area contributed by atoms with Crippen LogP contribution in [0.4, 0.5) is 17.1 Å². The van der Waals surface area contributed by atoms with Gasteiger partial charge in [-0.25, -0.2) is 0 Å². The molecule has 1 aliphatic carbocycles. The van der Waals surface area contributed by atoms with Gasteiger partial charge in [-0.2, -0.15) is 0 Å². The second-order valence-electron chi connectivity index (χ2n) is 15.8. The summed E-state index contributed by atoms with van der Waals surface area (Å²) in [7, 11) is 0. The highest BCUT2D eigenvalue weighted by Crippen LogP contribution is 2.52. The molecule has 2 nitrogen and oxygen atoms in total. The largest absolute Gasteiger partial charge is 0.310 e. The second-order valence-corrected chi connectivity index (χ2v) is 15.8. The summed E-state index contributed by atoms with van der Waals surface area (Å²) in [5, 5.41) is 5.09. The number of rotatable bonds is 6. The predicted octanol–water partition coefficient (Wildman–Crippen LogP) is 15.0. The standard InChI is InChI=1S/C55H40N2/c1-55(2)50-33-26-40-15-9-10-18-46(40)54(50)48-32-25-41(35-51(48)55)39-23-29-44(30-24-39)56(43-27-21-38(22-28-43)37-13-5-3-6-14-37)45-31-34-53-49(36-45)47-19-11-12-20-52(47)57(53)42-16-7-4-8-17-42/h3-36H,1-2H3. The van der Waals surface area contributed by atoms with Gasteiger partial charge in [0, 0.05) is 38.9 Å². The Morgan fingerprint density at radius 2 is 0.947 bits per heavy atom.